The standard InChI is InChI=1S/C11H22N2O2.ClH/c1-8-7-13(5-6-15-8)10(14)9(12)11(2,3)4;/h8-9H,5-7,12H2,1-4H3;1H. The van der Waals surface area contributed by atoms with Gasteiger partial charge in [-0.3, -0.25) is 4.79 Å². The smallest absolute Gasteiger partial charge is 0.240 e. The molecule has 0 aromatic carbocycles. The summed E-state index contributed by atoms with van der Waals surface area (Å²) in [7, 11) is 0. The van der Waals surface area contributed by atoms with Crippen LogP contribution >= 0.6 is 12.4 Å². The molecule has 2 atom stereocenters. The van der Waals surface area contributed by atoms with E-state index in [-0.39, 0.29) is 29.8 Å². The molecule has 1 aliphatic rings. The minimum Gasteiger partial charge on any atom is -0.375 e. The maximum atomic E-state index is 12.0. The van der Waals surface area contributed by atoms with Crippen molar-refractivity contribution >= 4 is 18.3 Å². The van der Waals surface area contributed by atoms with Crippen LogP contribution < -0.4 is 5.73 Å². The van der Waals surface area contributed by atoms with Crippen LogP contribution in [0.25, 0.3) is 0 Å². The van der Waals surface area contributed by atoms with Crippen LogP contribution in [0, 0.1) is 5.41 Å². The Kier molecular flexibility index (Phi) is 5.73. The first-order valence-electron chi connectivity index (χ1n) is 5.48. The number of nitrogens with two attached hydrogens (primary N) is 1. The Morgan fingerprint density at radius 2 is 2.06 bits per heavy atom. The van der Waals surface area contributed by atoms with Crippen LogP contribution in [0.5, 0.6) is 0 Å². The average molecular weight is 251 g/mol. The quantitative estimate of drug-likeness (QED) is 0.756. The van der Waals surface area contributed by atoms with Crippen molar-refractivity contribution < 1.29 is 9.53 Å². The lowest BCUT2D eigenvalue weighted by atomic mass is 9.86. The van der Waals surface area contributed by atoms with Crippen molar-refractivity contribution in [1.82, 2.24) is 4.90 Å². The van der Waals surface area contributed by atoms with Crippen LogP contribution in [-0.4, -0.2) is 42.6 Å². The molecule has 0 radical (unpaired) electrons. The van der Waals surface area contributed by atoms with E-state index in [1.807, 2.05) is 32.6 Å². The molecule has 1 rings (SSSR count). The van der Waals surface area contributed by atoms with Gasteiger partial charge in [0.2, 0.25) is 5.91 Å². The fourth-order valence-corrected chi connectivity index (χ4v) is 1.59. The van der Waals surface area contributed by atoms with Crippen molar-refractivity contribution in [2.45, 2.75) is 39.8 Å². The van der Waals surface area contributed by atoms with Gasteiger partial charge in [-0.1, -0.05) is 20.8 Å². The lowest BCUT2D eigenvalue weighted by Gasteiger charge is -2.36. The number of nitrogens with zero attached hydrogens (tertiary/aromatic N) is 1. The molecule has 2 N–H and O–H groups in total. The monoisotopic (exact) mass is 250 g/mol. The number of rotatable bonds is 1. The van der Waals surface area contributed by atoms with E-state index in [1.54, 1.807) is 0 Å². The minimum absolute atomic E-state index is 0. The number of ether oxygens (including phenoxy) is 1. The van der Waals surface area contributed by atoms with E-state index in [0.29, 0.717) is 19.7 Å². The van der Waals surface area contributed by atoms with Gasteiger partial charge < -0.3 is 15.4 Å². The third kappa shape index (κ3) is 3.92. The molecule has 0 bridgehead atoms. The summed E-state index contributed by atoms with van der Waals surface area (Å²) in [6.07, 6.45) is 0.120. The van der Waals surface area contributed by atoms with Crippen LogP contribution in [0.1, 0.15) is 27.7 Å². The van der Waals surface area contributed by atoms with Gasteiger partial charge in [0, 0.05) is 13.1 Å². The van der Waals surface area contributed by atoms with E-state index in [2.05, 4.69) is 0 Å². The number of halogens is 1. The molecule has 5 heteroatoms. The Balaban J connectivity index is 0.00000225. The number of hydrogen-bond donors (Lipinski definition) is 1. The van der Waals surface area contributed by atoms with Gasteiger partial charge in [0.25, 0.3) is 0 Å². The number of morpholine rings is 1. The fourth-order valence-electron chi connectivity index (χ4n) is 1.59. The fraction of sp³-hybridized carbons (Fsp3) is 0.909. The Morgan fingerprint density at radius 3 is 2.50 bits per heavy atom. The van der Waals surface area contributed by atoms with E-state index in [9.17, 15) is 4.79 Å². The lowest BCUT2D eigenvalue weighted by Crippen LogP contribution is -2.54. The summed E-state index contributed by atoms with van der Waals surface area (Å²) in [5.74, 6) is 0.0395. The second-order valence-electron chi connectivity index (χ2n) is 5.31. The number of amides is 1. The van der Waals surface area contributed by atoms with Gasteiger partial charge in [-0.15, -0.1) is 12.4 Å². The van der Waals surface area contributed by atoms with Gasteiger partial charge in [-0.2, -0.15) is 0 Å². The maximum absolute atomic E-state index is 12.0. The summed E-state index contributed by atoms with van der Waals surface area (Å²) in [5.41, 5.74) is 5.76. The molecule has 1 saturated heterocycles. The number of carbonyl (C=O) groups excluding carboxylic acids is 1. The zero-order chi connectivity index (χ0) is 11.6. The lowest BCUT2D eigenvalue weighted by molar-refractivity contribution is -0.141. The third-order valence-electron chi connectivity index (χ3n) is 2.75. The molecule has 1 heterocycles. The first kappa shape index (κ1) is 15.7. The summed E-state index contributed by atoms with van der Waals surface area (Å²) >= 11 is 0. The highest BCUT2D eigenvalue weighted by Crippen LogP contribution is 2.20. The number of carbonyl (C=O) groups is 1. The molecule has 4 nitrogen and oxygen atoms in total. The van der Waals surface area contributed by atoms with Gasteiger partial charge in [0.05, 0.1) is 18.8 Å². The van der Waals surface area contributed by atoms with Crippen LogP contribution in [0.4, 0.5) is 0 Å². The number of hydrogen-bond acceptors (Lipinski definition) is 3. The molecule has 0 saturated carbocycles. The highest BCUT2D eigenvalue weighted by molar-refractivity contribution is 5.85. The first-order chi connectivity index (χ1) is 6.82. The molecule has 0 aromatic heterocycles. The van der Waals surface area contributed by atoms with Crippen LogP contribution in [0.3, 0.4) is 0 Å². The van der Waals surface area contributed by atoms with E-state index >= 15 is 0 Å². The Bertz CT molecular complexity index is 241. The second kappa shape index (κ2) is 5.84. The summed E-state index contributed by atoms with van der Waals surface area (Å²) in [5, 5.41) is 0. The molecule has 16 heavy (non-hydrogen) atoms. The summed E-state index contributed by atoms with van der Waals surface area (Å²) < 4.78 is 5.39. The Morgan fingerprint density at radius 1 is 1.50 bits per heavy atom. The van der Waals surface area contributed by atoms with Crippen molar-refractivity contribution in [3.63, 3.8) is 0 Å². The molecule has 1 aliphatic heterocycles. The van der Waals surface area contributed by atoms with Crippen molar-refractivity contribution in [3.05, 3.63) is 0 Å². The zero-order valence-corrected chi connectivity index (χ0v) is 11.3. The van der Waals surface area contributed by atoms with Crippen LogP contribution in [0.2, 0.25) is 0 Å². The molecule has 0 spiro atoms. The third-order valence-corrected chi connectivity index (χ3v) is 2.75. The topological polar surface area (TPSA) is 55.6 Å². The van der Waals surface area contributed by atoms with Gasteiger partial charge in [0.15, 0.2) is 0 Å². The summed E-state index contributed by atoms with van der Waals surface area (Å²) in [4.78, 5) is 13.8. The molecule has 0 aliphatic carbocycles. The SMILES string of the molecule is CC1CN(C(=O)C(N)C(C)(C)C)CCO1.Cl. The minimum atomic E-state index is -0.428. The van der Waals surface area contributed by atoms with Gasteiger partial charge >= 0.3 is 0 Å². The Hall–Kier alpha value is -0.320. The average Bonchev–Trinajstić information content (AvgIpc) is 2.14. The highest BCUT2D eigenvalue weighted by Gasteiger charge is 2.32. The molecule has 96 valence electrons. The molecular weight excluding hydrogens is 228 g/mol. The Labute approximate surface area is 104 Å². The normalized spacial score (nSPS) is 23.6. The molecule has 1 fully saturated rings. The van der Waals surface area contributed by atoms with Crippen LogP contribution in [0.15, 0.2) is 0 Å². The largest absolute Gasteiger partial charge is 0.375 e. The maximum Gasteiger partial charge on any atom is 0.240 e. The molecule has 1 amide bonds. The molecule has 0 aromatic rings. The van der Waals surface area contributed by atoms with Crippen molar-refractivity contribution in [2.75, 3.05) is 19.7 Å². The molecular formula is C11H23ClN2O2. The van der Waals surface area contributed by atoms with Crippen molar-refractivity contribution in [2.24, 2.45) is 11.1 Å². The summed E-state index contributed by atoms with van der Waals surface area (Å²) in [6, 6.07) is -0.428. The van der Waals surface area contributed by atoms with E-state index in [4.69, 9.17) is 10.5 Å². The summed E-state index contributed by atoms with van der Waals surface area (Å²) in [6.45, 7) is 9.86. The van der Waals surface area contributed by atoms with Crippen molar-refractivity contribution in [1.29, 1.82) is 0 Å². The van der Waals surface area contributed by atoms with E-state index in [0.717, 1.165) is 0 Å². The van der Waals surface area contributed by atoms with Crippen molar-refractivity contribution in [3.8, 4) is 0 Å². The zero-order valence-electron chi connectivity index (χ0n) is 10.5. The first-order valence-corrected chi connectivity index (χ1v) is 5.48. The van der Waals surface area contributed by atoms with Gasteiger partial charge in [-0.05, 0) is 12.3 Å². The van der Waals surface area contributed by atoms with Gasteiger partial charge in [0.1, 0.15) is 0 Å². The predicted molar refractivity (Wildman–Crippen MR) is 66.7 cm³/mol. The second-order valence-corrected chi connectivity index (χ2v) is 5.31. The predicted octanol–water partition coefficient (Wildman–Crippen LogP) is 1.03. The molecule has 2 unspecified atom stereocenters. The van der Waals surface area contributed by atoms with E-state index < -0.39 is 6.04 Å². The highest BCUT2D eigenvalue weighted by atomic mass is 35.5. The van der Waals surface area contributed by atoms with E-state index in [1.165, 1.54) is 0 Å². The van der Waals surface area contributed by atoms with Gasteiger partial charge in [-0.25, -0.2) is 0 Å². The van der Waals surface area contributed by atoms with Crippen LogP contribution in [-0.2, 0) is 9.53 Å².